The molecule has 5 heteroatoms. The second kappa shape index (κ2) is 8.35. The maximum absolute atomic E-state index is 12.7. The summed E-state index contributed by atoms with van der Waals surface area (Å²) in [5, 5.41) is 3.24. The van der Waals surface area contributed by atoms with Crippen molar-refractivity contribution in [3.8, 4) is 5.75 Å². The third kappa shape index (κ3) is 4.28. The lowest BCUT2D eigenvalue weighted by atomic mass is 9.76. The normalized spacial score (nSPS) is 23.4. The highest BCUT2D eigenvalue weighted by atomic mass is 32.1. The molecule has 1 saturated carbocycles. The summed E-state index contributed by atoms with van der Waals surface area (Å²) in [6.45, 7) is 5.33. The van der Waals surface area contributed by atoms with Crippen LogP contribution in [0.1, 0.15) is 66.2 Å². The number of piperidine rings is 1. The Balaban J connectivity index is 1.26. The lowest BCUT2D eigenvalue weighted by molar-refractivity contribution is -0.123. The summed E-state index contributed by atoms with van der Waals surface area (Å²) in [6.07, 6.45) is 7.12. The zero-order chi connectivity index (χ0) is 20.6. The predicted molar refractivity (Wildman–Crippen MR) is 121 cm³/mol. The van der Waals surface area contributed by atoms with E-state index in [9.17, 15) is 4.79 Å². The summed E-state index contributed by atoms with van der Waals surface area (Å²) in [5.74, 6) is 1.45. The molecule has 0 bridgehead atoms. The first kappa shape index (κ1) is 20.1. The fourth-order valence-electron chi connectivity index (χ4n) is 5.21. The molecule has 2 aliphatic heterocycles. The van der Waals surface area contributed by atoms with Crippen molar-refractivity contribution in [2.24, 2.45) is 0 Å². The Morgan fingerprint density at radius 2 is 2.00 bits per heavy atom. The quantitative estimate of drug-likeness (QED) is 0.733. The summed E-state index contributed by atoms with van der Waals surface area (Å²) in [5.41, 5.74) is 1.08. The summed E-state index contributed by atoms with van der Waals surface area (Å²) >= 11 is 1.90. The number of thiophene rings is 1. The van der Waals surface area contributed by atoms with Gasteiger partial charge in [-0.05, 0) is 69.2 Å². The molecule has 3 heterocycles. The first-order valence-electron chi connectivity index (χ1n) is 11.4. The lowest BCUT2D eigenvalue weighted by Gasteiger charge is -2.47. The van der Waals surface area contributed by atoms with Crippen molar-refractivity contribution in [1.29, 1.82) is 0 Å². The van der Waals surface area contributed by atoms with Gasteiger partial charge >= 0.3 is 0 Å². The van der Waals surface area contributed by atoms with Gasteiger partial charge in [-0.15, -0.1) is 11.3 Å². The smallest absolute Gasteiger partial charge is 0.220 e. The van der Waals surface area contributed by atoms with Gasteiger partial charge in [0.15, 0.2) is 0 Å². The highest BCUT2D eigenvalue weighted by Crippen LogP contribution is 2.46. The van der Waals surface area contributed by atoms with Crippen LogP contribution in [0.25, 0.3) is 0 Å². The highest BCUT2D eigenvalue weighted by molar-refractivity contribution is 7.11. The molecule has 1 amide bonds. The number of nitrogens with one attached hydrogen (secondary N) is 1. The van der Waals surface area contributed by atoms with Crippen LogP contribution in [0, 0.1) is 6.92 Å². The van der Waals surface area contributed by atoms with E-state index in [1.54, 1.807) is 0 Å². The van der Waals surface area contributed by atoms with E-state index in [4.69, 9.17) is 4.74 Å². The minimum absolute atomic E-state index is 0.127. The number of benzene rings is 1. The number of amides is 1. The van der Waals surface area contributed by atoms with Gasteiger partial charge in [0.1, 0.15) is 11.4 Å². The molecule has 1 N–H and O–H groups in total. The molecular weight excluding hydrogens is 392 g/mol. The molecule has 0 unspecified atom stereocenters. The summed E-state index contributed by atoms with van der Waals surface area (Å²) in [7, 11) is 0. The molecule has 3 aliphatic rings. The molecule has 1 aromatic heterocycles. The van der Waals surface area contributed by atoms with Crippen LogP contribution >= 0.6 is 11.3 Å². The van der Waals surface area contributed by atoms with Crippen molar-refractivity contribution in [2.45, 2.75) is 76.0 Å². The van der Waals surface area contributed by atoms with Crippen LogP contribution in [0.3, 0.4) is 0 Å². The molecule has 1 atom stereocenters. The Morgan fingerprint density at radius 3 is 2.70 bits per heavy atom. The van der Waals surface area contributed by atoms with E-state index in [-0.39, 0.29) is 17.4 Å². The molecule has 30 heavy (non-hydrogen) atoms. The average Bonchev–Trinajstić information content (AvgIpc) is 3.11. The fraction of sp³-hybridized carbons (Fsp3) is 0.560. The Bertz CT molecular complexity index is 896. The van der Waals surface area contributed by atoms with Gasteiger partial charge in [0, 0.05) is 47.8 Å². The molecule has 160 valence electrons. The van der Waals surface area contributed by atoms with Crippen molar-refractivity contribution in [3.63, 3.8) is 0 Å². The maximum atomic E-state index is 12.7. The van der Waals surface area contributed by atoms with Crippen molar-refractivity contribution < 1.29 is 9.53 Å². The number of hydrogen-bond acceptors (Lipinski definition) is 4. The lowest BCUT2D eigenvalue weighted by Crippen LogP contribution is -2.50. The van der Waals surface area contributed by atoms with Gasteiger partial charge in [-0.1, -0.05) is 18.2 Å². The van der Waals surface area contributed by atoms with Crippen LogP contribution in [0.5, 0.6) is 5.75 Å². The van der Waals surface area contributed by atoms with Gasteiger partial charge < -0.3 is 10.1 Å². The van der Waals surface area contributed by atoms with Crippen LogP contribution in [-0.2, 0) is 11.3 Å². The first-order chi connectivity index (χ1) is 14.6. The average molecular weight is 425 g/mol. The third-order valence-corrected chi connectivity index (χ3v) is 8.13. The van der Waals surface area contributed by atoms with Gasteiger partial charge in [-0.25, -0.2) is 0 Å². The van der Waals surface area contributed by atoms with Gasteiger partial charge in [0.25, 0.3) is 0 Å². The van der Waals surface area contributed by atoms with Gasteiger partial charge in [-0.2, -0.15) is 0 Å². The molecule has 1 saturated heterocycles. The topological polar surface area (TPSA) is 41.6 Å². The van der Waals surface area contributed by atoms with E-state index in [1.165, 1.54) is 21.7 Å². The van der Waals surface area contributed by atoms with Gasteiger partial charge in [0.05, 0.1) is 0 Å². The number of ether oxygens (including phenoxy) is 1. The molecule has 1 aromatic carbocycles. The highest BCUT2D eigenvalue weighted by Gasteiger charge is 2.43. The standard InChI is InChI=1S/C25H32N2O2S/c1-18-9-10-21(30-18)17-27-13-11-25(12-14-27)16-19(15-24(28)26-20-5-4-6-20)22-7-2-3-8-23(22)29-25/h2-3,7-10,19-20H,4-6,11-17H2,1H3,(H,26,28)/t19-/m1/s1. The van der Waals surface area contributed by atoms with Gasteiger partial charge in [-0.3, -0.25) is 9.69 Å². The molecule has 2 fully saturated rings. The molecule has 0 radical (unpaired) electrons. The van der Waals surface area contributed by atoms with Crippen molar-refractivity contribution in [2.75, 3.05) is 13.1 Å². The summed E-state index contributed by atoms with van der Waals surface area (Å²) < 4.78 is 6.63. The number of fused-ring (bicyclic) bond motifs is 1. The van der Waals surface area contributed by atoms with Crippen LogP contribution in [-0.4, -0.2) is 35.5 Å². The zero-order valence-corrected chi connectivity index (χ0v) is 18.7. The largest absolute Gasteiger partial charge is 0.487 e. The third-order valence-electron chi connectivity index (χ3n) is 7.15. The van der Waals surface area contributed by atoms with E-state index in [0.717, 1.165) is 57.5 Å². The summed E-state index contributed by atoms with van der Waals surface area (Å²) in [6, 6.07) is 13.2. The summed E-state index contributed by atoms with van der Waals surface area (Å²) in [4.78, 5) is 18.1. The Labute approximate surface area is 183 Å². The van der Waals surface area contributed by atoms with E-state index >= 15 is 0 Å². The zero-order valence-electron chi connectivity index (χ0n) is 17.9. The molecule has 4 nitrogen and oxygen atoms in total. The van der Waals surface area contributed by atoms with Crippen LogP contribution in [0.2, 0.25) is 0 Å². The minimum Gasteiger partial charge on any atom is -0.487 e. The minimum atomic E-state index is -0.127. The van der Waals surface area contributed by atoms with E-state index in [2.05, 4.69) is 53.5 Å². The van der Waals surface area contributed by atoms with Crippen LogP contribution in [0.15, 0.2) is 36.4 Å². The fourth-order valence-corrected chi connectivity index (χ4v) is 6.14. The molecule has 2 aromatic rings. The molecular formula is C25H32N2O2S. The number of para-hydroxylation sites is 1. The Hall–Kier alpha value is -1.85. The molecule has 5 rings (SSSR count). The second-order valence-electron chi connectivity index (χ2n) is 9.41. The van der Waals surface area contributed by atoms with Crippen LogP contribution in [0.4, 0.5) is 0 Å². The van der Waals surface area contributed by atoms with Crippen molar-refractivity contribution >= 4 is 17.2 Å². The van der Waals surface area contributed by atoms with E-state index in [1.807, 2.05) is 11.3 Å². The van der Waals surface area contributed by atoms with E-state index < -0.39 is 0 Å². The maximum Gasteiger partial charge on any atom is 0.220 e. The number of hydrogen-bond donors (Lipinski definition) is 1. The SMILES string of the molecule is Cc1ccc(CN2CCC3(CC2)C[C@@H](CC(=O)NC2CCC2)c2ccccc2O3)s1. The molecule has 1 spiro atoms. The Kier molecular flexibility index (Phi) is 5.59. The Morgan fingerprint density at radius 1 is 1.20 bits per heavy atom. The first-order valence-corrected chi connectivity index (χ1v) is 12.3. The van der Waals surface area contributed by atoms with Crippen molar-refractivity contribution in [1.82, 2.24) is 10.2 Å². The number of carbonyl (C=O) groups excluding carboxylic acids is 1. The second-order valence-corrected chi connectivity index (χ2v) is 10.8. The number of aryl methyl sites for hydroxylation is 1. The van der Waals surface area contributed by atoms with Crippen molar-refractivity contribution in [3.05, 3.63) is 51.7 Å². The van der Waals surface area contributed by atoms with Gasteiger partial charge in [0.2, 0.25) is 5.91 Å². The number of rotatable bonds is 5. The monoisotopic (exact) mass is 424 g/mol. The number of likely N-dealkylation sites (tertiary alicyclic amines) is 1. The predicted octanol–water partition coefficient (Wildman–Crippen LogP) is 5.02. The number of nitrogens with zero attached hydrogens (tertiary/aromatic N) is 1. The van der Waals surface area contributed by atoms with Crippen LogP contribution < -0.4 is 10.1 Å². The molecule has 1 aliphatic carbocycles. The number of carbonyl (C=O) groups is 1. The van der Waals surface area contributed by atoms with E-state index in [0.29, 0.717) is 12.5 Å².